The first-order chi connectivity index (χ1) is 8.77. The fraction of sp³-hybridized carbons (Fsp3) is 0.375. The van der Waals surface area contributed by atoms with Crippen LogP contribution in [-0.2, 0) is 6.42 Å². The van der Waals surface area contributed by atoms with E-state index in [1.54, 1.807) is 0 Å². The molecule has 0 atom stereocenters. The Kier molecular flexibility index (Phi) is 3.06. The first-order valence-electron chi connectivity index (χ1n) is 6.73. The van der Waals surface area contributed by atoms with Crippen molar-refractivity contribution >= 4 is 10.8 Å². The van der Waals surface area contributed by atoms with E-state index in [-0.39, 0.29) is 5.54 Å². The molecule has 1 aliphatic carbocycles. The second kappa shape index (κ2) is 4.71. The molecule has 1 aliphatic rings. The maximum Gasteiger partial charge on any atom is 0.0282 e. The highest BCUT2D eigenvalue weighted by atomic mass is 15.0. The van der Waals surface area contributed by atoms with Crippen LogP contribution in [0.1, 0.15) is 18.4 Å². The lowest BCUT2D eigenvalue weighted by molar-refractivity contribution is 0.571. The minimum atomic E-state index is 0.110. The third kappa shape index (κ3) is 2.55. The molecule has 3 N–H and O–H groups in total. The molecular weight excluding hydrogens is 220 g/mol. The zero-order valence-corrected chi connectivity index (χ0v) is 10.7. The summed E-state index contributed by atoms with van der Waals surface area (Å²) < 4.78 is 0. The summed E-state index contributed by atoms with van der Waals surface area (Å²) >= 11 is 0. The topological polar surface area (TPSA) is 38.0 Å². The predicted molar refractivity (Wildman–Crippen MR) is 76.7 cm³/mol. The highest BCUT2D eigenvalue weighted by Crippen LogP contribution is 2.30. The van der Waals surface area contributed by atoms with Crippen LogP contribution in [0.5, 0.6) is 0 Å². The number of hydrogen-bond acceptors (Lipinski definition) is 2. The van der Waals surface area contributed by atoms with Crippen molar-refractivity contribution in [1.29, 1.82) is 0 Å². The normalized spacial score (nSPS) is 16.9. The zero-order valence-electron chi connectivity index (χ0n) is 10.7. The molecule has 3 rings (SSSR count). The van der Waals surface area contributed by atoms with Crippen LogP contribution < -0.4 is 11.1 Å². The van der Waals surface area contributed by atoms with E-state index in [1.165, 1.54) is 29.2 Å². The van der Waals surface area contributed by atoms with Gasteiger partial charge in [0.15, 0.2) is 0 Å². The number of nitrogens with two attached hydrogens (primary N) is 1. The summed E-state index contributed by atoms with van der Waals surface area (Å²) in [6.45, 7) is 1.96. The van der Waals surface area contributed by atoms with Crippen LogP contribution in [0.15, 0.2) is 42.5 Å². The van der Waals surface area contributed by atoms with E-state index in [2.05, 4.69) is 47.8 Å². The molecule has 0 aliphatic heterocycles. The average molecular weight is 240 g/mol. The molecule has 0 amide bonds. The fourth-order valence-corrected chi connectivity index (χ4v) is 2.41. The second-order valence-corrected chi connectivity index (χ2v) is 5.43. The Bertz CT molecular complexity index is 538. The van der Waals surface area contributed by atoms with Gasteiger partial charge >= 0.3 is 0 Å². The lowest BCUT2D eigenvalue weighted by Crippen LogP contribution is -2.36. The van der Waals surface area contributed by atoms with E-state index in [9.17, 15) is 0 Å². The van der Waals surface area contributed by atoms with Gasteiger partial charge in [-0.25, -0.2) is 0 Å². The van der Waals surface area contributed by atoms with Crippen molar-refractivity contribution in [2.24, 2.45) is 5.73 Å². The molecule has 2 aromatic rings. The van der Waals surface area contributed by atoms with E-state index in [0.29, 0.717) is 0 Å². The number of nitrogens with one attached hydrogen (secondary N) is 1. The Morgan fingerprint density at radius 2 is 1.83 bits per heavy atom. The summed E-state index contributed by atoms with van der Waals surface area (Å²) in [4.78, 5) is 0. The number of rotatable bonds is 5. The number of benzene rings is 2. The maximum absolute atomic E-state index is 6.05. The van der Waals surface area contributed by atoms with Gasteiger partial charge < -0.3 is 11.1 Å². The minimum Gasteiger partial charge on any atom is -0.324 e. The molecule has 0 bridgehead atoms. The Balaban J connectivity index is 1.63. The van der Waals surface area contributed by atoms with Crippen LogP contribution in [0, 0.1) is 0 Å². The van der Waals surface area contributed by atoms with Crippen LogP contribution in [0.3, 0.4) is 0 Å². The average Bonchev–Trinajstić information content (AvgIpc) is 3.13. The third-order valence-electron chi connectivity index (χ3n) is 3.82. The van der Waals surface area contributed by atoms with Gasteiger partial charge in [0.2, 0.25) is 0 Å². The standard InChI is InChI=1S/C16H20N2/c17-16(9-10-16)12-18-11-8-14-6-3-5-13-4-1-2-7-15(13)14/h1-7,18H,8-12,17H2. The van der Waals surface area contributed by atoms with Crippen molar-refractivity contribution in [3.05, 3.63) is 48.0 Å². The van der Waals surface area contributed by atoms with E-state index < -0.39 is 0 Å². The van der Waals surface area contributed by atoms with E-state index in [4.69, 9.17) is 5.73 Å². The summed E-state index contributed by atoms with van der Waals surface area (Å²) in [5.41, 5.74) is 7.58. The number of fused-ring (bicyclic) bond motifs is 1. The molecule has 2 heteroatoms. The van der Waals surface area contributed by atoms with Crippen LogP contribution in [0.4, 0.5) is 0 Å². The molecule has 18 heavy (non-hydrogen) atoms. The van der Waals surface area contributed by atoms with Crippen molar-refractivity contribution < 1.29 is 0 Å². The Morgan fingerprint density at radius 3 is 2.67 bits per heavy atom. The van der Waals surface area contributed by atoms with E-state index in [1.807, 2.05) is 0 Å². The largest absolute Gasteiger partial charge is 0.324 e. The van der Waals surface area contributed by atoms with Gasteiger partial charge in [-0.05, 0) is 42.1 Å². The number of hydrogen-bond donors (Lipinski definition) is 2. The summed E-state index contributed by atoms with van der Waals surface area (Å²) in [6, 6.07) is 15.1. The minimum absolute atomic E-state index is 0.110. The summed E-state index contributed by atoms with van der Waals surface area (Å²) in [6.07, 6.45) is 3.42. The van der Waals surface area contributed by atoms with Crippen molar-refractivity contribution in [3.63, 3.8) is 0 Å². The SMILES string of the molecule is NC1(CNCCc2cccc3ccccc23)CC1. The quantitative estimate of drug-likeness (QED) is 0.788. The van der Waals surface area contributed by atoms with Crippen molar-refractivity contribution in [3.8, 4) is 0 Å². The van der Waals surface area contributed by atoms with Gasteiger partial charge in [-0.3, -0.25) is 0 Å². The monoisotopic (exact) mass is 240 g/mol. The van der Waals surface area contributed by atoms with Crippen molar-refractivity contribution in [2.75, 3.05) is 13.1 Å². The lowest BCUT2D eigenvalue weighted by atomic mass is 10.0. The molecule has 1 saturated carbocycles. The van der Waals surface area contributed by atoms with Crippen LogP contribution >= 0.6 is 0 Å². The third-order valence-corrected chi connectivity index (χ3v) is 3.82. The van der Waals surface area contributed by atoms with Gasteiger partial charge in [-0.1, -0.05) is 42.5 Å². The molecule has 0 heterocycles. The van der Waals surface area contributed by atoms with Crippen LogP contribution in [0.2, 0.25) is 0 Å². The van der Waals surface area contributed by atoms with Gasteiger partial charge in [0.05, 0.1) is 0 Å². The van der Waals surface area contributed by atoms with Gasteiger partial charge in [-0.2, -0.15) is 0 Å². The second-order valence-electron chi connectivity index (χ2n) is 5.43. The molecule has 0 unspecified atom stereocenters. The summed E-state index contributed by atoms with van der Waals surface area (Å²) in [7, 11) is 0. The molecule has 94 valence electrons. The van der Waals surface area contributed by atoms with E-state index >= 15 is 0 Å². The molecule has 2 aromatic carbocycles. The van der Waals surface area contributed by atoms with Gasteiger partial charge in [0, 0.05) is 12.1 Å². The Morgan fingerprint density at radius 1 is 1.06 bits per heavy atom. The molecule has 1 fully saturated rings. The van der Waals surface area contributed by atoms with Crippen LogP contribution in [0.25, 0.3) is 10.8 Å². The summed E-state index contributed by atoms with van der Waals surface area (Å²) in [5.74, 6) is 0. The molecule has 0 saturated heterocycles. The highest BCUT2D eigenvalue weighted by molar-refractivity contribution is 5.85. The predicted octanol–water partition coefficient (Wildman–Crippen LogP) is 2.46. The van der Waals surface area contributed by atoms with Gasteiger partial charge in [-0.15, -0.1) is 0 Å². The molecule has 0 radical (unpaired) electrons. The maximum atomic E-state index is 6.05. The van der Waals surface area contributed by atoms with Gasteiger partial charge in [0.25, 0.3) is 0 Å². The van der Waals surface area contributed by atoms with Crippen LogP contribution in [-0.4, -0.2) is 18.6 Å². The first kappa shape index (κ1) is 11.7. The first-order valence-corrected chi connectivity index (χ1v) is 6.73. The zero-order chi connectivity index (χ0) is 12.4. The van der Waals surface area contributed by atoms with E-state index in [0.717, 1.165) is 19.5 Å². The Labute approximate surface area is 108 Å². The molecule has 0 spiro atoms. The smallest absolute Gasteiger partial charge is 0.0282 e. The van der Waals surface area contributed by atoms with Crippen molar-refractivity contribution in [2.45, 2.75) is 24.8 Å². The Hall–Kier alpha value is -1.38. The summed E-state index contributed by atoms with van der Waals surface area (Å²) in [5, 5.41) is 6.17. The lowest BCUT2D eigenvalue weighted by Gasteiger charge is -2.11. The van der Waals surface area contributed by atoms with Crippen molar-refractivity contribution in [1.82, 2.24) is 5.32 Å². The molecule has 2 nitrogen and oxygen atoms in total. The molecule has 0 aromatic heterocycles. The van der Waals surface area contributed by atoms with Gasteiger partial charge in [0.1, 0.15) is 0 Å². The fourth-order valence-electron chi connectivity index (χ4n) is 2.41. The molecular formula is C16H20N2. The highest BCUT2D eigenvalue weighted by Gasteiger charge is 2.37.